The average Bonchev–Trinajstić information content (AvgIpc) is 3.62. The molecule has 1 N–H and O–H groups in total. The molecule has 1 saturated carbocycles. The second-order valence-electron chi connectivity index (χ2n) is 9.30. The van der Waals surface area contributed by atoms with E-state index in [9.17, 15) is 13.2 Å². The highest BCUT2D eigenvalue weighted by Crippen LogP contribution is 2.33. The molecule has 0 radical (unpaired) electrons. The van der Waals surface area contributed by atoms with Gasteiger partial charge in [-0.1, -0.05) is 43.2 Å². The molecule has 0 spiro atoms. The first-order valence-corrected chi connectivity index (χ1v) is 14.9. The van der Waals surface area contributed by atoms with E-state index in [0.29, 0.717) is 24.6 Å². The van der Waals surface area contributed by atoms with Gasteiger partial charge in [0.25, 0.3) is 5.22 Å². The molecule has 1 aromatic heterocycles. The van der Waals surface area contributed by atoms with Crippen LogP contribution in [0.3, 0.4) is 0 Å². The summed E-state index contributed by atoms with van der Waals surface area (Å²) >= 11 is 1.16. The molecule has 2 aromatic carbocycles. The third-order valence-electron chi connectivity index (χ3n) is 6.81. The number of benzene rings is 2. The van der Waals surface area contributed by atoms with E-state index in [1.165, 1.54) is 42.0 Å². The summed E-state index contributed by atoms with van der Waals surface area (Å²) in [6.45, 7) is 1.13. The maximum Gasteiger partial charge on any atom is 0.277 e. The molecule has 1 amide bonds. The van der Waals surface area contributed by atoms with Gasteiger partial charge in [0.1, 0.15) is 0 Å². The zero-order chi connectivity index (χ0) is 25.0. The monoisotopic (exact) mass is 526 g/mol. The number of thioether (sulfide) groups is 1. The number of hydrogen-bond donors (Lipinski definition) is 1. The number of rotatable bonds is 8. The van der Waals surface area contributed by atoms with Crippen molar-refractivity contribution in [2.75, 3.05) is 24.2 Å². The molecule has 8 nitrogen and oxygen atoms in total. The van der Waals surface area contributed by atoms with Gasteiger partial charge < -0.3 is 9.73 Å². The SMILES string of the molecule is O=C(CSc1nnc(-c2ccc(S(=O)(=O)N3CCCC3)cc2)o1)Nc1ccc(C2CCCCC2)cc1. The van der Waals surface area contributed by atoms with Crippen LogP contribution in [0.4, 0.5) is 5.69 Å². The summed E-state index contributed by atoms with van der Waals surface area (Å²) in [5, 5.41) is 11.2. The minimum atomic E-state index is -3.47. The number of anilines is 1. The topological polar surface area (TPSA) is 105 Å². The molecule has 2 heterocycles. The van der Waals surface area contributed by atoms with Crippen LogP contribution >= 0.6 is 11.8 Å². The first kappa shape index (κ1) is 25.0. The fourth-order valence-electron chi connectivity index (χ4n) is 4.83. The molecule has 10 heteroatoms. The molecule has 0 unspecified atom stereocenters. The lowest BCUT2D eigenvalue weighted by Gasteiger charge is -2.22. The van der Waals surface area contributed by atoms with Gasteiger partial charge in [0.2, 0.25) is 21.8 Å². The molecule has 5 rings (SSSR count). The summed E-state index contributed by atoms with van der Waals surface area (Å²) in [5.74, 6) is 0.901. The van der Waals surface area contributed by atoms with Crippen molar-refractivity contribution >= 4 is 33.4 Å². The minimum Gasteiger partial charge on any atom is -0.411 e. The Kier molecular flexibility index (Phi) is 7.73. The van der Waals surface area contributed by atoms with E-state index in [0.717, 1.165) is 30.3 Å². The predicted octanol–water partition coefficient (Wildman–Crippen LogP) is 5.30. The predicted molar refractivity (Wildman–Crippen MR) is 139 cm³/mol. The molecule has 190 valence electrons. The molecule has 2 fully saturated rings. The Balaban J connectivity index is 1.13. The van der Waals surface area contributed by atoms with Gasteiger partial charge in [-0.05, 0) is 73.6 Å². The van der Waals surface area contributed by atoms with E-state index < -0.39 is 10.0 Å². The van der Waals surface area contributed by atoms with Gasteiger partial charge in [-0.15, -0.1) is 10.2 Å². The maximum absolute atomic E-state index is 12.7. The Morgan fingerprint density at radius 2 is 1.64 bits per heavy atom. The number of aromatic nitrogens is 2. The second kappa shape index (κ2) is 11.1. The van der Waals surface area contributed by atoms with Gasteiger partial charge in [-0.2, -0.15) is 4.31 Å². The van der Waals surface area contributed by atoms with E-state index in [-0.39, 0.29) is 27.7 Å². The molecule has 3 aromatic rings. The largest absolute Gasteiger partial charge is 0.411 e. The molecule has 1 aliphatic heterocycles. The van der Waals surface area contributed by atoms with Crippen LogP contribution in [-0.2, 0) is 14.8 Å². The molecular weight excluding hydrogens is 496 g/mol. The van der Waals surface area contributed by atoms with E-state index in [2.05, 4.69) is 27.6 Å². The van der Waals surface area contributed by atoms with Crippen molar-refractivity contribution in [3.8, 4) is 11.5 Å². The van der Waals surface area contributed by atoms with Crippen molar-refractivity contribution < 1.29 is 17.6 Å². The summed E-state index contributed by atoms with van der Waals surface area (Å²) in [4.78, 5) is 12.7. The molecule has 1 saturated heterocycles. The van der Waals surface area contributed by atoms with Gasteiger partial charge in [-0.3, -0.25) is 4.79 Å². The van der Waals surface area contributed by atoms with Crippen LogP contribution in [0.2, 0.25) is 0 Å². The number of carbonyl (C=O) groups excluding carboxylic acids is 1. The van der Waals surface area contributed by atoms with Crippen LogP contribution in [0, 0.1) is 0 Å². The summed E-state index contributed by atoms with van der Waals surface area (Å²) < 4.78 is 32.6. The molecule has 36 heavy (non-hydrogen) atoms. The van der Waals surface area contributed by atoms with Crippen LogP contribution in [0.15, 0.2) is 63.1 Å². The van der Waals surface area contributed by atoms with Crippen LogP contribution < -0.4 is 5.32 Å². The fraction of sp³-hybridized carbons (Fsp3) is 0.423. The number of sulfonamides is 1. The first-order chi connectivity index (χ1) is 17.5. The lowest BCUT2D eigenvalue weighted by atomic mass is 9.84. The van der Waals surface area contributed by atoms with Crippen molar-refractivity contribution in [2.24, 2.45) is 0 Å². The Hall–Kier alpha value is -2.69. The second-order valence-corrected chi connectivity index (χ2v) is 12.2. The highest BCUT2D eigenvalue weighted by atomic mass is 32.2. The smallest absolute Gasteiger partial charge is 0.277 e. The fourth-order valence-corrected chi connectivity index (χ4v) is 6.91. The lowest BCUT2D eigenvalue weighted by Crippen LogP contribution is -2.27. The van der Waals surface area contributed by atoms with Gasteiger partial charge in [-0.25, -0.2) is 8.42 Å². The number of nitrogens with one attached hydrogen (secondary N) is 1. The normalized spacial score (nSPS) is 17.3. The molecule has 0 bridgehead atoms. The average molecular weight is 527 g/mol. The van der Waals surface area contributed by atoms with Crippen LogP contribution in [0.5, 0.6) is 0 Å². The third kappa shape index (κ3) is 5.82. The maximum atomic E-state index is 12.7. The highest BCUT2D eigenvalue weighted by molar-refractivity contribution is 7.99. The van der Waals surface area contributed by atoms with E-state index >= 15 is 0 Å². The van der Waals surface area contributed by atoms with Crippen molar-refractivity contribution in [2.45, 2.75) is 61.0 Å². The number of carbonyl (C=O) groups is 1. The zero-order valence-corrected chi connectivity index (χ0v) is 21.7. The van der Waals surface area contributed by atoms with Gasteiger partial charge in [0, 0.05) is 24.3 Å². The van der Waals surface area contributed by atoms with Crippen molar-refractivity contribution in [1.29, 1.82) is 0 Å². The van der Waals surface area contributed by atoms with Crippen LogP contribution in [0.1, 0.15) is 56.4 Å². The lowest BCUT2D eigenvalue weighted by molar-refractivity contribution is -0.113. The van der Waals surface area contributed by atoms with Crippen LogP contribution in [-0.4, -0.2) is 47.7 Å². The standard InChI is InChI=1S/C26H30N4O4S2/c31-24(27-22-12-8-20(9-13-22)19-6-2-1-3-7-19)18-35-26-29-28-25(34-26)21-10-14-23(15-11-21)36(32,33)30-16-4-5-17-30/h8-15,19H,1-7,16-18H2,(H,27,31). The van der Waals surface area contributed by atoms with Gasteiger partial charge in [0.15, 0.2) is 0 Å². The van der Waals surface area contributed by atoms with E-state index in [1.54, 1.807) is 24.3 Å². The number of hydrogen-bond acceptors (Lipinski definition) is 7. The van der Waals surface area contributed by atoms with Gasteiger partial charge >= 0.3 is 0 Å². The highest BCUT2D eigenvalue weighted by Gasteiger charge is 2.27. The number of amides is 1. The number of nitrogens with zero attached hydrogens (tertiary/aromatic N) is 3. The van der Waals surface area contributed by atoms with E-state index in [4.69, 9.17) is 4.42 Å². The Morgan fingerprint density at radius 3 is 2.33 bits per heavy atom. The zero-order valence-electron chi connectivity index (χ0n) is 20.1. The summed E-state index contributed by atoms with van der Waals surface area (Å²) in [6, 6.07) is 14.6. The van der Waals surface area contributed by atoms with E-state index in [1.807, 2.05) is 12.1 Å². The minimum absolute atomic E-state index is 0.138. The molecule has 2 aliphatic rings. The first-order valence-electron chi connectivity index (χ1n) is 12.5. The summed E-state index contributed by atoms with van der Waals surface area (Å²) in [7, 11) is -3.47. The van der Waals surface area contributed by atoms with Crippen molar-refractivity contribution in [3.05, 3.63) is 54.1 Å². The van der Waals surface area contributed by atoms with Gasteiger partial charge in [0.05, 0.1) is 10.6 Å². The Bertz CT molecular complexity index is 1280. The van der Waals surface area contributed by atoms with Crippen molar-refractivity contribution in [3.63, 3.8) is 0 Å². The van der Waals surface area contributed by atoms with Crippen LogP contribution in [0.25, 0.3) is 11.5 Å². The molecule has 1 aliphatic carbocycles. The Labute approximate surface area is 215 Å². The van der Waals surface area contributed by atoms with Crippen molar-refractivity contribution in [1.82, 2.24) is 14.5 Å². The summed E-state index contributed by atoms with van der Waals surface area (Å²) in [5.41, 5.74) is 2.75. The molecular formula is C26H30N4O4S2. The molecule has 0 atom stereocenters. The summed E-state index contributed by atoms with van der Waals surface area (Å²) in [6.07, 6.45) is 8.20. The quantitative estimate of drug-likeness (QED) is 0.397. The third-order valence-corrected chi connectivity index (χ3v) is 9.54. The Morgan fingerprint density at radius 1 is 0.944 bits per heavy atom.